The van der Waals surface area contributed by atoms with Crippen LogP contribution in [0.5, 0.6) is 0 Å². The number of hydrogen-bond donors (Lipinski definition) is 1. The number of pyridine rings is 1. The molecule has 0 bridgehead atoms. The molecule has 7 nitrogen and oxygen atoms in total. The van der Waals surface area contributed by atoms with Gasteiger partial charge in [-0.2, -0.15) is 0 Å². The first-order chi connectivity index (χ1) is 13.1. The van der Waals surface area contributed by atoms with Crippen molar-refractivity contribution in [1.29, 1.82) is 0 Å². The van der Waals surface area contributed by atoms with E-state index in [0.717, 1.165) is 36.0 Å². The van der Waals surface area contributed by atoms with Gasteiger partial charge in [-0.3, -0.25) is 14.5 Å². The van der Waals surface area contributed by atoms with Crippen molar-refractivity contribution in [3.63, 3.8) is 0 Å². The van der Waals surface area contributed by atoms with Crippen LogP contribution in [0.1, 0.15) is 28.2 Å². The number of H-pyrrole nitrogens is 1. The third kappa shape index (κ3) is 3.78. The summed E-state index contributed by atoms with van der Waals surface area (Å²) in [7, 11) is 0. The first-order valence-corrected chi connectivity index (χ1v) is 9.16. The van der Waals surface area contributed by atoms with Crippen LogP contribution in [0.3, 0.4) is 0 Å². The molecule has 7 heteroatoms. The molecule has 2 aromatic heterocycles. The highest BCUT2D eigenvalue weighted by Crippen LogP contribution is 2.14. The lowest BCUT2D eigenvalue weighted by molar-refractivity contribution is 0.0750. The monoisotopic (exact) mass is 366 g/mol. The molecule has 0 aliphatic carbocycles. The molecule has 3 aromatic rings. The summed E-state index contributed by atoms with van der Waals surface area (Å²) in [6.45, 7) is 5.19. The van der Waals surface area contributed by atoms with E-state index in [4.69, 9.17) is 4.52 Å². The fourth-order valence-corrected chi connectivity index (χ4v) is 3.51. The van der Waals surface area contributed by atoms with Crippen molar-refractivity contribution < 1.29 is 9.32 Å². The van der Waals surface area contributed by atoms with E-state index in [1.807, 2.05) is 35.2 Å². The Morgan fingerprint density at radius 1 is 1.19 bits per heavy atom. The van der Waals surface area contributed by atoms with Gasteiger partial charge < -0.3 is 14.4 Å². The van der Waals surface area contributed by atoms with Gasteiger partial charge in [0.25, 0.3) is 11.5 Å². The normalized spacial score (nSPS) is 15.8. The largest absolute Gasteiger partial charge is 0.361 e. The van der Waals surface area contributed by atoms with Crippen molar-refractivity contribution >= 4 is 16.8 Å². The lowest BCUT2D eigenvalue weighted by Gasteiger charge is -2.21. The SMILES string of the molecule is Cc1cc(C(=O)N2CCCN(Cc3cc4ccccc4[nH]c3=O)CC2)no1. The van der Waals surface area contributed by atoms with Crippen LogP contribution in [-0.2, 0) is 6.54 Å². The Hall–Kier alpha value is -2.93. The number of para-hydroxylation sites is 1. The predicted molar refractivity (Wildman–Crippen MR) is 102 cm³/mol. The van der Waals surface area contributed by atoms with Crippen molar-refractivity contribution in [2.45, 2.75) is 19.9 Å². The van der Waals surface area contributed by atoms with Crippen LogP contribution in [0, 0.1) is 6.92 Å². The van der Waals surface area contributed by atoms with Gasteiger partial charge in [0.2, 0.25) is 0 Å². The molecular weight excluding hydrogens is 344 g/mol. The number of nitrogens with zero attached hydrogens (tertiary/aromatic N) is 3. The molecule has 140 valence electrons. The molecule has 4 rings (SSSR count). The highest BCUT2D eigenvalue weighted by atomic mass is 16.5. The minimum absolute atomic E-state index is 0.0519. The van der Waals surface area contributed by atoms with Crippen LogP contribution in [0.4, 0.5) is 0 Å². The average molecular weight is 366 g/mol. The summed E-state index contributed by atoms with van der Waals surface area (Å²) in [5.74, 6) is 0.530. The Kier molecular flexibility index (Phi) is 4.77. The van der Waals surface area contributed by atoms with Gasteiger partial charge in [-0.15, -0.1) is 0 Å². The molecule has 27 heavy (non-hydrogen) atoms. The minimum atomic E-state index is -0.0998. The third-order valence-corrected chi connectivity index (χ3v) is 4.95. The van der Waals surface area contributed by atoms with Crippen LogP contribution in [-0.4, -0.2) is 52.0 Å². The Morgan fingerprint density at radius 3 is 2.85 bits per heavy atom. The fourth-order valence-electron chi connectivity index (χ4n) is 3.51. The number of aromatic nitrogens is 2. The molecule has 0 radical (unpaired) electrons. The molecule has 1 fully saturated rings. The van der Waals surface area contributed by atoms with E-state index in [1.165, 1.54) is 0 Å². The first kappa shape index (κ1) is 17.5. The summed E-state index contributed by atoms with van der Waals surface area (Å²) in [4.78, 5) is 31.9. The Morgan fingerprint density at radius 2 is 2.04 bits per heavy atom. The Balaban J connectivity index is 1.45. The minimum Gasteiger partial charge on any atom is -0.361 e. The number of fused-ring (bicyclic) bond motifs is 1. The third-order valence-electron chi connectivity index (χ3n) is 4.95. The number of aromatic amines is 1. The van der Waals surface area contributed by atoms with Crippen molar-refractivity contribution in [2.75, 3.05) is 26.2 Å². The number of benzene rings is 1. The van der Waals surface area contributed by atoms with Gasteiger partial charge in [0.15, 0.2) is 5.69 Å². The molecule has 1 aliphatic rings. The molecule has 0 saturated carbocycles. The van der Waals surface area contributed by atoms with Gasteiger partial charge in [0, 0.05) is 49.9 Å². The lowest BCUT2D eigenvalue weighted by atomic mass is 10.1. The van der Waals surface area contributed by atoms with E-state index in [9.17, 15) is 9.59 Å². The molecule has 1 amide bonds. The van der Waals surface area contributed by atoms with Crippen molar-refractivity contribution in [3.05, 3.63) is 63.8 Å². The average Bonchev–Trinajstić information content (AvgIpc) is 2.96. The van der Waals surface area contributed by atoms with Gasteiger partial charge in [0.1, 0.15) is 5.76 Å². The number of carbonyl (C=O) groups is 1. The summed E-state index contributed by atoms with van der Waals surface area (Å²) in [6, 6.07) is 11.4. The van der Waals surface area contributed by atoms with E-state index < -0.39 is 0 Å². The summed E-state index contributed by atoms with van der Waals surface area (Å²) >= 11 is 0. The van der Waals surface area contributed by atoms with Crippen LogP contribution in [0.15, 0.2) is 45.7 Å². The van der Waals surface area contributed by atoms with Crippen molar-refractivity contribution in [3.8, 4) is 0 Å². The quantitative estimate of drug-likeness (QED) is 0.768. The summed E-state index contributed by atoms with van der Waals surface area (Å²) in [6.07, 6.45) is 0.855. The molecule has 1 aromatic carbocycles. The predicted octanol–water partition coefficient (Wildman–Crippen LogP) is 2.17. The Labute approximate surface area is 156 Å². The number of nitrogens with one attached hydrogen (secondary N) is 1. The summed E-state index contributed by atoms with van der Waals surface area (Å²) < 4.78 is 5.01. The first-order valence-electron chi connectivity index (χ1n) is 9.16. The second-order valence-electron chi connectivity index (χ2n) is 6.96. The zero-order valence-corrected chi connectivity index (χ0v) is 15.3. The van der Waals surface area contributed by atoms with E-state index in [-0.39, 0.29) is 11.5 Å². The number of hydrogen-bond acceptors (Lipinski definition) is 5. The second kappa shape index (κ2) is 7.36. The van der Waals surface area contributed by atoms with Crippen LogP contribution < -0.4 is 5.56 Å². The summed E-state index contributed by atoms with van der Waals surface area (Å²) in [5, 5.41) is 4.85. The summed E-state index contributed by atoms with van der Waals surface area (Å²) in [5.41, 5.74) is 1.90. The molecule has 1 N–H and O–H groups in total. The number of aryl methyl sites for hydroxylation is 1. The van der Waals surface area contributed by atoms with Crippen LogP contribution >= 0.6 is 0 Å². The van der Waals surface area contributed by atoms with Crippen molar-refractivity contribution in [1.82, 2.24) is 19.9 Å². The number of amides is 1. The molecule has 0 spiro atoms. The zero-order chi connectivity index (χ0) is 18.8. The highest BCUT2D eigenvalue weighted by molar-refractivity contribution is 5.92. The molecule has 0 atom stereocenters. The molecule has 0 unspecified atom stereocenters. The molecular formula is C20H22N4O3. The lowest BCUT2D eigenvalue weighted by Crippen LogP contribution is -2.35. The maximum atomic E-state index is 12.6. The van der Waals surface area contributed by atoms with E-state index in [0.29, 0.717) is 31.1 Å². The molecule has 1 saturated heterocycles. The van der Waals surface area contributed by atoms with Gasteiger partial charge in [-0.25, -0.2) is 0 Å². The molecule has 1 aliphatic heterocycles. The standard InChI is InChI=1S/C20H22N4O3/c1-14-11-18(22-27-14)20(26)24-8-4-7-23(9-10-24)13-16-12-15-5-2-3-6-17(15)21-19(16)25/h2-3,5-6,11-12H,4,7-10,13H2,1H3,(H,21,25). The van der Waals surface area contributed by atoms with Crippen LogP contribution in [0.2, 0.25) is 0 Å². The van der Waals surface area contributed by atoms with Crippen LogP contribution in [0.25, 0.3) is 10.9 Å². The maximum absolute atomic E-state index is 12.6. The highest BCUT2D eigenvalue weighted by Gasteiger charge is 2.23. The van der Waals surface area contributed by atoms with Gasteiger partial charge in [0.05, 0.1) is 0 Å². The Bertz CT molecular complexity index is 1020. The smallest absolute Gasteiger partial charge is 0.276 e. The van der Waals surface area contributed by atoms with E-state index in [2.05, 4.69) is 15.0 Å². The second-order valence-corrected chi connectivity index (χ2v) is 6.96. The zero-order valence-electron chi connectivity index (χ0n) is 15.3. The van der Waals surface area contributed by atoms with Gasteiger partial charge in [-0.1, -0.05) is 23.4 Å². The van der Waals surface area contributed by atoms with E-state index >= 15 is 0 Å². The topological polar surface area (TPSA) is 82.4 Å². The molecule has 3 heterocycles. The maximum Gasteiger partial charge on any atom is 0.276 e. The van der Waals surface area contributed by atoms with Crippen molar-refractivity contribution in [2.24, 2.45) is 0 Å². The van der Waals surface area contributed by atoms with Gasteiger partial charge in [-0.05, 0) is 30.9 Å². The van der Waals surface area contributed by atoms with Gasteiger partial charge >= 0.3 is 0 Å². The van der Waals surface area contributed by atoms with E-state index in [1.54, 1.807) is 13.0 Å². The number of carbonyl (C=O) groups excluding carboxylic acids is 1. The number of rotatable bonds is 3. The fraction of sp³-hybridized carbons (Fsp3) is 0.350.